The first-order chi connectivity index (χ1) is 9.45. The van der Waals surface area contributed by atoms with Crippen LogP contribution >= 0.6 is 11.3 Å². The highest BCUT2D eigenvalue weighted by Crippen LogP contribution is 2.18. The average Bonchev–Trinajstić information content (AvgIpc) is 2.88. The molecule has 1 aromatic rings. The van der Waals surface area contributed by atoms with E-state index in [1.807, 2.05) is 0 Å². The second-order valence-corrected chi connectivity index (χ2v) is 8.54. The molecule has 0 aromatic carbocycles. The van der Waals surface area contributed by atoms with Crippen molar-refractivity contribution in [3.8, 4) is 0 Å². The Labute approximate surface area is 126 Å². The van der Waals surface area contributed by atoms with Crippen molar-refractivity contribution in [2.24, 2.45) is 5.92 Å². The quantitative estimate of drug-likeness (QED) is 0.872. The molecule has 2 unspecified atom stereocenters. The summed E-state index contributed by atoms with van der Waals surface area (Å²) >= 11 is 1.73. The fraction of sp³-hybridized carbons (Fsp3) is 0.714. The van der Waals surface area contributed by atoms with Gasteiger partial charge in [-0.05, 0) is 61.0 Å². The van der Waals surface area contributed by atoms with Crippen molar-refractivity contribution in [3.63, 3.8) is 0 Å². The Morgan fingerprint density at radius 3 is 3.00 bits per heavy atom. The maximum Gasteiger partial charge on any atom is 0.211 e. The van der Waals surface area contributed by atoms with Crippen LogP contribution in [0.25, 0.3) is 0 Å². The number of hydrogen-bond donors (Lipinski definition) is 1. The normalized spacial score (nSPS) is 22.8. The summed E-state index contributed by atoms with van der Waals surface area (Å²) in [6.45, 7) is 4.43. The highest BCUT2D eigenvalue weighted by molar-refractivity contribution is 7.88. The van der Waals surface area contributed by atoms with E-state index in [1.165, 1.54) is 11.8 Å². The Kier molecular flexibility index (Phi) is 5.60. The first-order valence-corrected chi connectivity index (χ1v) is 9.94. The number of hydrogen-bond acceptors (Lipinski definition) is 4. The van der Waals surface area contributed by atoms with Crippen LogP contribution in [0.1, 0.15) is 25.3 Å². The largest absolute Gasteiger partial charge is 0.314 e. The van der Waals surface area contributed by atoms with Crippen LogP contribution in [0.15, 0.2) is 16.8 Å². The third-order valence-corrected chi connectivity index (χ3v) is 5.83. The molecule has 4 nitrogen and oxygen atoms in total. The number of nitrogens with zero attached hydrogens (tertiary/aromatic N) is 1. The van der Waals surface area contributed by atoms with Gasteiger partial charge >= 0.3 is 0 Å². The van der Waals surface area contributed by atoms with Crippen molar-refractivity contribution in [2.45, 2.75) is 32.2 Å². The van der Waals surface area contributed by atoms with Gasteiger partial charge in [0.25, 0.3) is 0 Å². The van der Waals surface area contributed by atoms with E-state index in [4.69, 9.17) is 0 Å². The van der Waals surface area contributed by atoms with E-state index in [1.54, 1.807) is 15.6 Å². The van der Waals surface area contributed by atoms with E-state index < -0.39 is 10.0 Å². The van der Waals surface area contributed by atoms with Crippen LogP contribution in [0.4, 0.5) is 0 Å². The third-order valence-electron chi connectivity index (χ3n) is 3.83. The van der Waals surface area contributed by atoms with Crippen molar-refractivity contribution < 1.29 is 8.42 Å². The van der Waals surface area contributed by atoms with E-state index in [9.17, 15) is 8.42 Å². The highest BCUT2D eigenvalue weighted by atomic mass is 32.2. The van der Waals surface area contributed by atoms with Crippen LogP contribution in [0.3, 0.4) is 0 Å². The maximum atomic E-state index is 11.6. The van der Waals surface area contributed by atoms with Gasteiger partial charge in [0.15, 0.2) is 0 Å². The zero-order valence-electron chi connectivity index (χ0n) is 12.2. The van der Waals surface area contributed by atoms with Gasteiger partial charge in [-0.1, -0.05) is 0 Å². The van der Waals surface area contributed by atoms with Crippen LogP contribution in [-0.4, -0.2) is 44.7 Å². The molecule has 114 valence electrons. The summed E-state index contributed by atoms with van der Waals surface area (Å²) in [7, 11) is -3.03. The Balaban J connectivity index is 1.76. The lowest BCUT2D eigenvalue weighted by Crippen LogP contribution is -2.43. The van der Waals surface area contributed by atoms with Gasteiger partial charge in [-0.25, -0.2) is 12.7 Å². The molecule has 6 heteroatoms. The molecule has 2 atom stereocenters. The predicted octanol–water partition coefficient (Wildman–Crippen LogP) is 1.94. The lowest BCUT2D eigenvalue weighted by Gasteiger charge is -2.31. The molecular weight excluding hydrogens is 292 g/mol. The minimum atomic E-state index is -3.03. The molecule has 1 saturated heterocycles. The summed E-state index contributed by atoms with van der Waals surface area (Å²) in [5, 5.41) is 7.83. The van der Waals surface area contributed by atoms with Gasteiger partial charge in [-0.15, -0.1) is 0 Å². The second-order valence-electron chi connectivity index (χ2n) is 5.77. The minimum Gasteiger partial charge on any atom is -0.314 e. The maximum absolute atomic E-state index is 11.6. The molecule has 0 spiro atoms. The predicted molar refractivity (Wildman–Crippen MR) is 84.6 cm³/mol. The zero-order valence-corrected chi connectivity index (χ0v) is 13.8. The van der Waals surface area contributed by atoms with Crippen LogP contribution in [0.5, 0.6) is 0 Å². The molecule has 0 radical (unpaired) electrons. The lowest BCUT2D eigenvalue weighted by molar-refractivity contribution is 0.256. The van der Waals surface area contributed by atoms with Crippen LogP contribution in [-0.2, 0) is 16.4 Å². The summed E-state index contributed by atoms with van der Waals surface area (Å²) in [4.78, 5) is 0. The first kappa shape index (κ1) is 15.9. The van der Waals surface area contributed by atoms with Crippen molar-refractivity contribution in [1.29, 1.82) is 0 Å². The molecular formula is C14H24N2O2S2. The monoisotopic (exact) mass is 316 g/mol. The lowest BCUT2D eigenvalue weighted by atomic mass is 9.99. The van der Waals surface area contributed by atoms with Crippen LogP contribution < -0.4 is 5.32 Å². The smallest absolute Gasteiger partial charge is 0.211 e. The van der Waals surface area contributed by atoms with E-state index >= 15 is 0 Å². The molecule has 0 amide bonds. The SMILES string of the molecule is CC(Cc1ccsc1)NCC1CCCN(S(C)(=O)=O)C1. The summed E-state index contributed by atoms with van der Waals surface area (Å²) in [5.41, 5.74) is 1.37. The van der Waals surface area contributed by atoms with Gasteiger partial charge in [0.1, 0.15) is 0 Å². The van der Waals surface area contributed by atoms with Gasteiger partial charge in [-0.2, -0.15) is 11.3 Å². The summed E-state index contributed by atoms with van der Waals surface area (Å²) in [5.74, 6) is 0.434. The fourth-order valence-corrected chi connectivity index (χ4v) is 4.32. The summed E-state index contributed by atoms with van der Waals surface area (Å²) < 4.78 is 24.8. The van der Waals surface area contributed by atoms with E-state index in [-0.39, 0.29) is 0 Å². The van der Waals surface area contributed by atoms with E-state index in [2.05, 4.69) is 29.1 Å². The van der Waals surface area contributed by atoms with Crippen molar-refractivity contribution >= 4 is 21.4 Å². The number of thiophene rings is 1. The van der Waals surface area contributed by atoms with Gasteiger partial charge in [0.2, 0.25) is 10.0 Å². The first-order valence-electron chi connectivity index (χ1n) is 7.14. The van der Waals surface area contributed by atoms with Gasteiger partial charge in [0.05, 0.1) is 6.26 Å². The van der Waals surface area contributed by atoms with Crippen molar-refractivity contribution in [3.05, 3.63) is 22.4 Å². The molecule has 2 heterocycles. The van der Waals surface area contributed by atoms with E-state index in [0.717, 1.165) is 25.8 Å². The number of piperidine rings is 1. The Morgan fingerprint density at radius 2 is 2.35 bits per heavy atom. The standard InChI is InChI=1S/C14H24N2O2S2/c1-12(8-13-5-7-19-11-13)15-9-14-4-3-6-16(10-14)20(2,17)18/h5,7,11-12,14-15H,3-4,6,8-10H2,1-2H3. The highest BCUT2D eigenvalue weighted by Gasteiger charge is 2.25. The molecule has 1 aromatic heterocycles. The molecule has 20 heavy (non-hydrogen) atoms. The molecule has 1 N–H and O–H groups in total. The summed E-state index contributed by atoms with van der Waals surface area (Å²) in [6.07, 6.45) is 4.43. The molecule has 2 rings (SSSR count). The Bertz CT molecular complexity index is 499. The molecule has 0 aliphatic carbocycles. The number of sulfonamides is 1. The molecule has 1 aliphatic heterocycles. The minimum absolute atomic E-state index is 0.429. The van der Waals surface area contributed by atoms with Gasteiger partial charge in [-0.3, -0.25) is 0 Å². The van der Waals surface area contributed by atoms with Crippen molar-refractivity contribution in [2.75, 3.05) is 25.9 Å². The summed E-state index contributed by atoms with van der Waals surface area (Å²) in [6, 6.07) is 2.59. The average molecular weight is 316 g/mol. The fourth-order valence-electron chi connectivity index (χ4n) is 2.70. The number of nitrogens with one attached hydrogen (secondary N) is 1. The molecule has 1 fully saturated rings. The topological polar surface area (TPSA) is 49.4 Å². The van der Waals surface area contributed by atoms with Crippen molar-refractivity contribution in [1.82, 2.24) is 9.62 Å². The zero-order chi connectivity index (χ0) is 14.6. The third kappa shape index (κ3) is 4.84. The molecule has 1 aliphatic rings. The van der Waals surface area contributed by atoms with E-state index in [0.29, 0.717) is 25.0 Å². The number of rotatable bonds is 6. The van der Waals surface area contributed by atoms with Gasteiger partial charge in [0, 0.05) is 19.1 Å². The Hall–Kier alpha value is -0.430. The van der Waals surface area contributed by atoms with Gasteiger partial charge < -0.3 is 5.32 Å². The molecule has 0 saturated carbocycles. The second kappa shape index (κ2) is 7.02. The molecule has 0 bridgehead atoms. The van der Waals surface area contributed by atoms with Crippen LogP contribution in [0, 0.1) is 5.92 Å². The Morgan fingerprint density at radius 1 is 1.55 bits per heavy atom. The van der Waals surface area contributed by atoms with Crippen LogP contribution in [0.2, 0.25) is 0 Å².